The molecule has 1 rings (SSSR count). The van der Waals surface area contributed by atoms with Crippen molar-refractivity contribution in [3.63, 3.8) is 0 Å². The summed E-state index contributed by atoms with van der Waals surface area (Å²) in [5.41, 5.74) is 1.10. The highest BCUT2D eigenvalue weighted by molar-refractivity contribution is 6.18. The molecule has 1 nitrogen and oxygen atoms in total. The van der Waals surface area contributed by atoms with Crippen molar-refractivity contribution in [1.82, 2.24) is 0 Å². The average molecular weight is 225 g/mol. The molecule has 15 heavy (non-hydrogen) atoms. The molecule has 0 saturated carbocycles. The summed E-state index contributed by atoms with van der Waals surface area (Å²) in [5.74, 6) is 1.48. The number of hydrogen-bond donors (Lipinski definition) is 0. The summed E-state index contributed by atoms with van der Waals surface area (Å²) in [7, 11) is 1.69. The molecule has 0 aliphatic carbocycles. The minimum Gasteiger partial charge on any atom is -0.496 e. The van der Waals surface area contributed by atoms with Crippen LogP contribution in [0.3, 0.4) is 0 Å². The maximum atomic E-state index is 5.94. The molecule has 0 aromatic heterocycles. The van der Waals surface area contributed by atoms with E-state index in [4.69, 9.17) is 16.3 Å². The SMILES string of the molecule is C=CC(C)(CCl)Cc1ccccc1OC. The number of para-hydroxylation sites is 1. The molecule has 1 aromatic rings. The van der Waals surface area contributed by atoms with Crippen LogP contribution in [-0.4, -0.2) is 13.0 Å². The number of ether oxygens (including phenoxy) is 1. The number of alkyl halides is 1. The zero-order valence-electron chi connectivity index (χ0n) is 9.29. The Morgan fingerprint density at radius 2 is 2.13 bits per heavy atom. The third-order valence-corrected chi connectivity index (χ3v) is 3.20. The second-order valence-corrected chi connectivity index (χ2v) is 4.25. The van der Waals surface area contributed by atoms with Gasteiger partial charge in [-0.15, -0.1) is 18.2 Å². The predicted molar refractivity (Wildman–Crippen MR) is 65.7 cm³/mol. The second-order valence-electron chi connectivity index (χ2n) is 3.98. The van der Waals surface area contributed by atoms with Gasteiger partial charge in [0.05, 0.1) is 7.11 Å². The van der Waals surface area contributed by atoms with Crippen molar-refractivity contribution >= 4 is 11.6 Å². The molecular formula is C13H17ClO. The summed E-state index contributed by atoms with van der Waals surface area (Å²) in [4.78, 5) is 0. The third-order valence-electron chi connectivity index (χ3n) is 2.58. The van der Waals surface area contributed by atoms with E-state index in [2.05, 4.69) is 19.6 Å². The van der Waals surface area contributed by atoms with E-state index in [0.29, 0.717) is 5.88 Å². The third kappa shape index (κ3) is 3.00. The maximum absolute atomic E-state index is 5.94. The van der Waals surface area contributed by atoms with E-state index >= 15 is 0 Å². The summed E-state index contributed by atoms with van der Waals surface area (Å²) < 4.78 is 5.30. The zero-order chi connectivity index (χ0) is 11.3. The lowest BCUT2D eigenvalue weighted by Gasteiger charge is -2.23. The number of methoxy groups -OCH3 is 1. The number of rotatable bonds is 5. The van der Waals surface area contributed by atoms with E-state index in [9.17, 15) is 0 Å². The number of benzene rings is 1. The van der Waals surface area contributed by atoms with Crippen LogP contribution >= 0.6 is 11.6 Å². The topological polar surface area (TPSA) is 9.23 Å². The van der Waals surface area contributed by atoms with Crippen LogP contribution in [0.4, 0.5) is 0 Å². The Hall–Kier alpha value is -0.950. The first kappa shape index (κ1) is 12.1. The zero-order valence-corrected chi connectivity index (χ0v) is 10.1. The minimum absolute atomic E-state index is 0.0732. The van der Waals surface area contributed by atoms with E-state index in [1.807, 2.05) is 24.3 Å². The van der Waals surface area contributed by atoms with Gasteiger partial charge in [0, 0.05) is 11.3 Å². The Morgan fingerprint density at radius 1 is 1.47 bits per heavy atom. The molecule has 0 aliphatic heterocycles. The van der Waals surface area contributed by atoms with E-state index in [0.717, 1.165) is 12.2 Å². The maximum Gasteiger partial charge on any atom is 0.122 e. The van der Waals surface area contributed by atoms with Crippen LogP contribution in [0.15, 0.2) is 36.9 Å². The minimum atomic E-state index is -0.0732. The van der Waals surface area contributed by atoms with Gasteiger partial charge in [0.2, 0.25) is 0 Å². The van der Waals surface area contributed by atoms with E-state index in [-0.39, 0.29) is 5.41 Å². The van der Waals surface area contributed by atoms with Gasteiger partial charge in [-0.25, -0.2) is 0 Å². The molecule has 82 valence electrons. The Kier molecular flexibility index (Phi) is 4.22. The Morgan fingerprint density at radius 3 is 2.67 bits per heavy atom. The molecule has 0 radical (unpaired) electrons. The summed E-state index contributed by atoms with van der Waals surface area (Å²) in [6.07, 6.45) is 2.76. The van der Waals surface area contributed by atoms with Crippen molar-refractivity contribution in [1.29, 1.82) is 0 Å². The van der Waals surface area contributed by atoms with Crippen LogP contribution < -0.4 is 4.74 Å². The van der Waals surface area contributed by atoms with Crippen molar-refractivity contribution in [2.24, 2.45) is 5.41 Å². The van der Waals surface area contributed by atoms with Gasteiger partial charge < -0.3 is 4.74 Å². The molecule has 1 atom stereocenters. The standard InChI is InChI=1S/C13H17ClO/c1-4-13(2,10-14)9-11-7-5-6-8-12(11)15-3/h4-8H,1,9-10H2,2-3H3. The van der Waals surface area contributed by atoms with Crippen molar-refractivity contribution < 1.29 is 4.74 Å². The van der Waals surface area contributed by atoms with Crippen molar-refractivity contribution in [3.05, 3.63) is 42.5 Å². The fraction of sp³-hybridized carbons (Fsp3) is 0.385. The van der Waals surface area contributed by atoms with Gasteiger partial charge in [0.1, 0.15) is 5.75 Å². The Balaban J connectivity index is 2.92. The fourth-order valence-electron chi connectivity index (χ4n) is 1.46. The monoisotopic (exact) mass is 224 g/mol. The molecule has 0 heterocycles. The molecule has 0 amide bonds. The summed E-state index contributed by atoms with van der Waals surface area (Å²) in [6, 6.07) is 8.00. The lowest BCUT2D eigenvalue weighted by Crippen LogP contribution is -2.18. The van der Waals surface area contributed by atoms with Crippen molar-refractivity contribution in [2.45, 2.75) is 13.3 Å². The van der Waals surface area contributed by atoms with Crippen molar-refractivity contribution in [2.75, 3.05) is 13.0 Å². The molecule has 0 N–H and O–H groups in total. The lowest BCUT2D eigenvalue weighted by molar-refractivity contribution is 0.398. The van der Waals surface area contributed by atoms with Gasteiger partial charge in [0.25, 0.3) is 0 Å². The number of hydrogen-bond acceptors (Lipinski definition) is 1. The first-order valence-electron chi connectivity index (χ1n) is 4.96. The van der Waals surface area contributed by atoms with Gasteiger partial charge >= 0.3 is 0 Å². The van der Waals surface area contributed by atoms with Crippen LogP contribution in [0.25, 0.3) is 0 Å². The van der Waals surface area contributed by atoms with E-state index in [1.54, 1.807) is 7.11 Å². The Bertz CT molecular complexity index is 335. The van der Waals surface area contributed by atoms with Gasteiger partial charge in [-0.1, -0.05) is 31.2 Å². The lowest BCUT2D eigenvalue weighted by atomic mass is 9.85. The highest BCUT2D eigenvalue weighted by Gasteiger charge is 2.21. The van der Waals surface area contributed by atoms with E-state index < -0.39 is 0 Å². The van der Waals surface area contributed by atoms with Crippen LogP contribution in [0.2, 0.25) is 0 Å². The largest absolute Gasteiger partial charge is 0.496 e. The van der Waals surface area contributed by atoms with Crippen LogP contribution in [-0.2, 0) is 6.42 Å². The summed E-state index contributed by atoms with van der Waals surface area (Å²) in [5, 5.41) is 0. The first-order chi connectivity index (χ1) is 7.15. The number of allylic oxidation sites excluding steroid dienone is 1. The highest BCUT2D eigenvalue weighted by Crippen LogP contribution is 2.29. The number of halogens is 1. The van der Waals surface area contributed by atoms with Gasteiger partial charge in [-0.3, -0.25) is 0 Å². The van der Waals surface area contributed by atoms with Crippen LogP contribution in [0, 0.1) is 5.41 Å². The van der Waals surface area contributed by atoms with Gasteiger partial charge in [0.15, 0.2) is 0 Å². The van der Waals surface area contributed by atoms with Crippen LogP contribution in [0.5, 0.6) is 5.75 Å². The molecular weight excluding hydrogens is 208 g/mol. The smallest absolute Gasteiger partial charge is 0.122 e. The van der Waals surface area contributed by atoms with Gasteiger partial charge in [-0.05, 0) is 18.1 Å². The first-order valence-corrected chi connectivity index (χ1v) is 5.50. The quantitative estimate of drug-likeness (QED) is 0.548. The summed E-state index contributed by atoms with van der Waals surface area (Å²) in [6.45, 7) is 5.93. The van der Waals surface area contributed by atoms with Gasteiger partial charge in [-0.2, -0.15) is 0 Å². The molecule has 0 saturated heterocycles. The van der Waals surface area contributed by atoms with Crippen LogP contribution in [0.1, 0.15) is 12.5 Å². The molecule has 0 fully saturated rings. The molecule has 0 aliphatic rings. The average Bonchev–Trinajstić information content (AvgIpc) is 2.29. The summed E-state index contributed by atoms with van der Waals surface area (Å²) >= 11 is 5.94. The van der Waals surface area contributed by atoms with E-state index in [1.165, 1.54) is 5.56 Å². The normalized spacial score (nSPS) is 14.3. The fourth-order valence-corrected chi connectivity index (χ4v) is 1.66. The molecule has 0 bridgehead atoms. The highest BCUT2D eigenvalue weighted by atomic mass is 35.5. The second kappa shape index (κ2) is 5.22. The predicted octanol–water partition coefficient (Wildman–Crippen LogP) is 3.67. The Labute approximate surface area is 96.7 Å². The van der Waals surface area contributed by atoms with Crippen molar-refractivity contribution in [3.8, 4) is 5.75 Å². The molecule has 2 heteroatoms. The molecule has 0 spiro atoms. The molecule has 1 unspecified atom stereocenters. The molecule has 1 aromatic carbocycles.